The second-order valence-corrected chi connectivity index (χ2v) is 7.37. The number of nitrogens with one attached hydrogen (secondary N) is 1. The summed E-state index contributed by atoms with van der Waals surface area (Å²) in [4.78, 5) is 0. The van der Waals surface area contributed by atoms with Gasteiger partial charge in [0.05, 0.1) is 0 Å². The van der Waals surface area contributed by atoms with E-state index in [2.05, 4.69) is 47.0 Å². The predicted molar refractivity (Wildman–Crippen MR) is 81.8 cm³/mol. The molecule has 18 heavy (non-hydrogen) atoms. The standard InChI is InChI=1S/C17H35N/c1-7-13(8-2)16(18-6)14-9-11-15(12-10-14)17(3,4)5/h13-16,18H,7-12H2,1-6H3. The van der Waals surface area contributed by atoms with E-state index in [1.165, 1.54) is 38.5 Å². The van der Waals surface area contributed by atoms with E-state index < -0.39 is 0 Å². The van der Waals surface area contributed by atoms with E-state index in [4.69, 9.17) is 0 Å². The van der Waals surface area contributed by atoms with Crippen LogP contribution in [0.1, 0.15) is 73.1 Å². The maximum absolute atomic E-state index is 3.63. The lowest BCUT2D eigenvalue weighted by Crippen LogP contribution is -2.42. The molecule has 0 aromatic heterocycles. The molecule has 0 heterocycles. The van der Waals surface area contributed by atoms with Gasteiger partial charge in [0.1, 0.15) is 0 Å². The molecule has 0 aromatic rings. The van der Waals surface area contributed by atoms with Crippen molar-refractivity contribution in [1.82, 2.24) is 5.32 Å². The number of rotatable bonds is 5. The summed E-state index contributed by atoms with van der Waals surface area (Å²) in [6.45, 7) is 11.9. The first-order valence-corrected chi connectivity index (χ1v) is 8.11. The Morgan fingerprint density at radius 3 is 1.83 bits per heavy atom. The first-order chi connectivity index (χ1) is 8.43. The molecule has 0 radical (unpaired) electrons. The van der Waals surface area contributed by atoms with Gasteiger partial charge in [0.15, 0.2) is 0 Å². The molecule has 0 saturated heterocycles. The Bertz CT molecular complexity index is 216. The summed E-state index contributed by atoms with van der Waals surface area (Å²) < 4.78 is 0. The van der Waals surface area contributed by atoms with Crippen molar-refractivity contribution in [3.8, 4) is 0 Å². The van der Waals surface area contributed by atoms with Crippen LogP contribution in [0.25, 0.3) is 0 Å². The van der Waals surface area contributed by atoms with Crippen molar-refractivity contribution >= 4 is 0 Å². The lowest BCUT2D eigenvalue weighted by atomic mass is 9.67. The molecular weight excluding hydrogens is 218 g/mol. The second-order valence-electron chi connectivity index (χ2n) is 7.37. The summed E-state index contributed by atoms with van der Waals surface area (Å²) in [6.07, 6.45) is 8.38. The lowest BCUT2D eigenvalue weighted by molar-refractivity contribution is 0.117. The van der Waals surface area contributed by atoms with Gasteiger partial charge >= 0.3 is 0 Å². The first-order valence-electron chi connectivity index (χ1n) is 8.11. The predicted octanol–water partition coefficient (Wildman–Crippen LogP) is 4.86. The summed E-state index contributed by atoms with van der Waals surface area (Å²) in [6, 6.07) is 0.751. The van der Waals surface area contributed by atoms with Crippen molar-refractivity contribution in [3.05, 3.63) is 0 Å². The van der Waals surface area contributed by atoms with Crippen molar-refractivity contribution in [2.24, 2.45) is 23.2 Å². The van der Waals surface area contributed by atoms with Crippen molar-refractivity contribution in [1.29, 1.82) is 0 Å². The largest absolute Gasteiger partial charge is 0.316 e. The summed E-state index contributed by atoms with van der Waals surface area (Å²) in [7, 11) is 2.17. The summed E-state index contributed by atoms with van der Waals surface area (Å²) in [5.41, 5.74) is 0.509. The minimum atomic E-state index is 0.509. The molecule has 1 saturated carbocycles. The van der Waals surface area contributed by atoms with Crippen molar-refractivity contribution in [2.45, 2.75) is 79.2 Å². The summed E-state index contributed by atoms with van der Waals surface area (Å²) in [5.74, 6) is 2.72. The summed E-state index contributed by atoms with van der Waals surface area (Å²) >= 11 is 0. The van der Waals surface area contributed by atoms with Crippen LogP contribution < -0.4 is 5.32 Å². The fourth-order valence-electron chi connectivity index (χ4n) is 4.00. The SMILES string of the molecule is CCC(CC)C(NC)C1CCC(C(C)(C)C)CC1. The molecule has 1 aliphatic rings. The highest BCUT2D eigenvalue weighted by atomic mass is 14.9. The third-order valence-electron chi connectivity index (χ3n) is 5.39. The van der Waals surface area contributed by atoms with Crippen LogP contribution in [0.4, 0.5) is 0 Å². The Kier molecular flexibility index (Phi) is 6.17. The number of hydrogen-bond donors (Lipinski definition) is 1. The average molecular weight is 253 g/mol. The molecule has 0 bridgehead atoms. The molecular formula is C17H35N. The Labute approximate surface area is 115 Å². The normalized spacial score (nSPS) is 27.5. The molecule has 1 unspecified atom stereocenters. The molecule has 1 rings (SSSR count). The van der Waals surface area contributed by atoms with E-state index in [0.717, 1.165) is 23.8 Å². The fourth-order valence-corrected chi connectivity index (χ4v) is 4.00. The van der Waals surface area contributed by atoms with Crippen LogP contribution >= 0.6 is 0 Å². The highest BCUT2D eigenvalue weighted by Crippen LogP contribution is 2.41. The third-order valence-corrected chi connectivity index (χ3v) is 5.39. The maximum atomic E-state index is 3.63. The smallest absolute Gasteiger partial charge is 0.0120 e. The van der Waals surface area contributed by atoms with Crippen LogP contribution in [0.3, 0.4) is 0 Å². The number of hydrogen-bond acceptors (Lipinski definition) is 1. The van der Waals surface area contributed by atoms with Gasteiger partial charge in [0.2, 0.25) is 0 Å². The second kappa shape index (κ2) is 6.93. The lowest BCUT2D eigenvalue weighted by Gasteiger charge is -2.41. The highest BCUT2D eigenvalue weighted by Gasteiger charge is 2.34. The van der Waals surface area contributed by atoms with Crippen LogP contribution in [0.15, 0.2) is 0 Å². The molecule has 1 atom stereocenters. The van der Waals surface area contributed by atoms with E-state index in [9.17, 15) is 0 Å². The van der Waals surface area contributed by atoms with Crippen LogP contribution in [-0.4, -0.2) is 13.1 Å². The monoisotopic (exact) mass is 253 g/mol. The molecule has 1 N–H and O–H groups in total. The molecule has 1 nitrogen and oxygen atoms in total. The van der Waals surface area contributed by atoms with Gasteiger partial charge in [-0.25, -0.2) is 0 Å². The molecule has 108 valence electrons. The van der Waals surface area contributed by atoms with Gasteiger partial charge in [0, 0.05) is 6.04 Å². The van der Waals surface area contributed by atoms with Gasteiger partial charge < -0.3 is 5.32 Å². The molecule has 0 spiro atoms. The van der Waals surface area contributed by atoms with E-state index in [1.54, 1.807) is 0 Å². The molecule has 0 amide bonds. The molecule has 1 fully saturated rings. The summed E-state index contributed by atoms with van der Waals surface area (Å²) in [5, 5.41) is 3.63. The first kappa shape index (κ1) is 16.0. The van der Waals surface area contributed by atoms with E-state index in [1.807, 2.05) is 0 Å². The van der Waals surface area contributed by atoms with E-state index in [0.29, 0.717) is 5.41 Å². The van der Waals surface area contributed by atoms with Gasteiger partial charge in [-0.2, -0.15) is 0 Å². The average Bonchev–Trinajstić information content (AvgIpc) is 2.35. The zero-order valence-corrected chi connectivity index (χ0v) is 13.6. The highest BCUT2D eigenvalue weighted by molar-refractivity contribution is 4.87. The molecule has 0 aliphatic heterocycles. The quantitative estimate of drug-likeness (QED) is 0.737. The minimum Gasteiger partial charge on any atom is -0.316 e. The van der Waals surface area contributed by atoms with Crippen molar-refractivity contribution in [3.63, 3.8) is 0 Å². The van der Waals surface area contributed by atoms with Gasteiger partial charge in [0.25, 0.3) is 0 Å². The van der Waals surface area contributed by atoms with Gasteiger partial charge in [-0.05, 0) is 55.9 Å². The topological polar surface area (TPSA) is 12.0 Å². The molecule has 1 heteroatoms. The van der Waals surface area contributed by atoms with Crippen molar-refractivity contribution in [2.75, 3.05) is 7.05 Å². The zero-order chi connectivity index (χ0) is 13.8. The van der Waals surface area contributed by atoms with Gasteiger partial charge in [-0.1, -0.05) is 47.5 Å². The molecule has 1 aliphatic carbocycles. The molecule has 0 aromatic carbocycles. The third kappa shape index (κ3) is 3.98. The Morgan fingerprint density at radius 2 is 1.50 bits per heavy atom. The van der Waals surface area contributed by atoms with E-state index in [-0.39, 0.29) is 0 Å². The maximum Gasteiger partial charge on any atom is 0.0120 e. The Balaban J connectivity index is 2.55. The van der Waals surface area contributed by atoms with Gasteiger partial charge in [-0.3, -0.25) is 0 Å². The zero-order valence-electron chi connectivity index (χ0n) is 13.6. The van der Waals surface area contributed by atoms with Gasteiger partial charge in [-0.15, -0.1) is 0 Å². The van der Waals surface area contributed by atoms with Crippen molar-refractivity contribution < 1.29 is 0 Å². The fraction of sp³-hybridized carbons (Fsp3) is 1.00. The minimum absolute atomic E-state index is 0.509. The van der Waals surface area contributed by atoms with Crippen LogP contribution in [0.5, 0.6) is 0 Å². The Morgan fingerprint density at radius 1 is 1.00 bits per heavy atom. The van der Waals surface area contributed by atoms with Crippen LogP contribution in [0, 0.1) is 23.2 Å². The Hall–Kier alpha value is -0.0400. The van der Waals surface area contributed by atoms with Crippen LogP contribution in [0.2, 0.25) is 0 Å². The van der Waals surface area contributed by atoms with E-state index >= 15 is 0 Å². The van der Waals surface area contributed by atoms with Crippen LogP contribution in [-0.2, 0) is 0 Å².